The molecule has 0 fully saturated rings. The second-order valence-electron chi connectivity index (χ2n) is 5.19. The quantitative estimate of drug-likeness (QED) is 0.758. The predicted molar refractivity (Wildman–Crippen MR) is 86.5 cm³/mol. The lowest BCUT2D eigenvalue weighted by Crippen LogP contribution is -2.12. The fraction of sp³-hybridized carbons (Fsp3) is 0.118. The van der Waals surface area contributed by atoms with E-state index in [0.717, 1.165) is 10.9 Å². The minimum atomic E-state index is -0.362. The molecule has 6 heteroatoms. The van der Waals surface area contributed by atoms with Gasteiger partial charge in [0, 0.05) is 23.1 Å². The number of ether oxygens (including phenoxy) is 2. The van der Waals surface area contributed by atoms with Crippen molar-refractivity contribution in [3.05, 3.63) is 52.7 Å². The zero-order valence-corrected chi connectivity index (χ0v) is 12.9. The maximum absolute atomic E-state index is 12.5. The predicted octanol–water partition coefficient (Wildman–Crippen LogP) is 4.38. The molecule has 1 N–H and O–H groups in total. The highest BCUT2D eigenvalue weighted by molar-refractivity contribution is 6.34. The first kappa shape index (κ1) is 14.0. The van der Waals surface area contributed by atoms with Crippen LogP contribution in [0.15, 0.2) is 40.8 Å². The van der Waals surface area contributed by atoms with Crippen LogP contribution in [0, 0.1) is 6.92 Å². The Labute approximate surface area is 136 Å². The van der Waals surface area contributed by atoms with Crippen molar-refractivity contribution in [2.75, 3.05) is 12.1 Å². The highest BCUT2D eigenvalue weighted by atomic mass is 35.5. The maximum Gasteiger partial charge on any atom is 0.291 e. The number of hydrogen-bond donors (Lipinski definition) is 1. The molecule has 0 spiro atoms. The molecule has 0 aliphatic carbocycles. The number of anilines is 1. The summed E-state index contributed by atoms with van der Waals surface area (Å²) in [6.07, 6.45) is 0. The molecule has 1 aliphatic rings. The molecular weight excluding hydrogens is 318 g/mol. The SMILES string of the molecule is Cc1c(C(=O)Nc2cc3c(cc2Cl)OCO3)oc2ccccc12. The van der Waals surface area contributed by atoms with Gasteiger partial charge in [0.15, 0.2) is 17.3 Å². The number of furan rings is 1. The van der Waals surface area contributed by atoms with Crippen molar-refractivity contribution in [2.24, 2.45) is 0 Å². The average Bonchev–Trinajstić information content (AvgIpc) is 3.12. The molecule has 5 nitrogen and oxygen atoms in total. The Kier molecular flexibility index (Phi) is 3.16. The third kappa shape index (κ3) is 2.29. The number of fused-ring (bicyclic) bond motifs is 2. The van der Waals surface area contributed by atoms with Crippen LogP contribution in [0.2, 0.25) is 5.02 Å². The van der Waals surface area contributed by atoms with E-state index in [9.17, 15) is 4.79 Å². The molecule has 1 amide bonds. The first-order chi connectivity index (χ1) is 11.1. The molecule has 2 heterocycles. The van der Waals surface area contributed by atoms with E-state index >= 15 is 0 Å². The van der Waals surface area contributed by atoms with Crippen molar-refractivity contribution >= 4 is 34.2 Å². The smallest absolute Gasteiger partial charge is 0.291 e. The normalized spacial score (nSPS) is 12.6. The van der Waals surface area contributed by atoms with Gasteiger partial charge in [0.1, 0.15) is 5.58 Å². The zero-order chi connectivity index (χ0) is 16.0. The topological polar surface area (TPSA) is 60.7 Å². The summed E-state index contributed by atoms with van der Waals surface area (Å²) >= 11 is 6.18. The number of rotatable bonds is 2. The first-order valence-corrected chi connectivity index (χ1v) is 7.40. The van der Waals surface area contributed by atoms with Crippen LogP contribution in [0.4, 0.5) is 5.69 Å². The van der Waals surface area contributed by atoms with E-state index in [2.05, 4.69) is 5.32 Å². The van der Waals surface area contributed by atoms with Gasteiger partial charge in [-0.15, -0.1) is 0 Å². The van der Waals surface area contributed by atoms with Crippen LogP contribution in [0.5, 0.6) is 11.5 Å². The van der Waals surface area contributed by atoms with Crippen molar-refractivity contribution in [1.29, 1.82) is 0 Å². The molecule has 1 aromatic heterocycles. The average molecular weight is 330 g/mol. The molecule has 0 saturated heterocycles. The van der Waals surface area contributed by atoms with E-state index in [-0.39, 0.29) is 18.5 Å². The molecule has 1 aliphatic heterocycles. The van der Waals surface area contributed by atoms with Crippen molar-refractivity contribution in [3.8, 4) is 11.5 Å². The lowest BCUT2D eigenvalue weighted by atomic mass is 10.1. The van der Waals surface area contributed by atoms with Gasteiger partial charge in [-0.2, -0.15) is 0 Å². The van der Waals surface area contributed by atoms with Gasteiger partial charge in [-0.25, -0.2) is 0 Å². The van der Waals surface area contributed by atoms with Crippen molar-refractivity contribution in [3.63, 3.8) is 0 Å². The second kappa shape index (κ2) is 5.21. The number of hydrogen-bond acceptors (Lipinski definition) is 4. The van der Waals surface area contributed by atoms with Gasteiger partial charge in [-0.05, 0) is 13.0 Å². The van der Waals surface area contributed by atoms with E-state index < -0.39 is 0 Å². The molecule has 0 atom stereocenters. The van der Waals surface area contributed by atoms with Crippen LogP contribution in [0.1, 0.15) is 16.1 Å². The van der Waals surface area contributed by atoms with Gasteiger partial charge in [-0.3, -0.25) is 4.79 Å². The van der Waals surface area contributed by atoms with Gasteiger partial charge in [0.2, 0.25) is 6.79 Å². The number of amides is 1. The molecule has 4 rings (SSSR count). The number of aryl methyl sites for hydroxylation is 1. The Morgan fingerprint density at radius 1 is 1.17 bits per heavy atom. The molecule has 0 unspecified atom stereocenters. The molecule has 0 radical (unpaired) electrons. The Balaban J connectivity index is 1.68. The van der Waals surface area contributed by atoms with Gasteiger partial charge in [0.25, 0.3) is 5.91 Å². The van der Waals surface area contributed by atoms with Crippen LogP contribution in [-0.2, 0) is 0 Å². The van der Waals surface area contributed by atoms with Crippen molar-refractivity contribution < 1.29 is 18.7 Å². The van der Waals surface area contributed by atoms with Crippen molar-refractivity contribution in [1.82, 2.24) is 0 Å². The van der Waals surface area contributed by atoms with Gasteiger partial charge >= 0.3 is 0 Å². The summed E-state index contributed by atoms with van der Waals surface area (Å²) in [7, 11) is 0. The molecular formula is C17H12ClNO4. The minimum absolute atomic E-state index is 0.145. The number of benzene rings is 2. The Hall–Kier alpha value is -2.66. The van der Waals surface area contributed by atoms with E-state index in [4.69, 9.17) is 25.5 Å². The van der Waals surface area contributed by atoms with E-state index in [1.807, 2.05) is 31.2 Å². The second-order valence-corrected chi connectivity index (χ2v) is 5.60. The first-order valence-electron chi connectivity index (χ1n) is 7.02. The molecule has 3 aromatic rings. The summed E-state index contributed by atoms with van der Waals surface area (Å²) in [4.78, 5) is 12.5. The van der Waals surface area contributed by atoms with Crippen LogP contribution in [0.3, 0.4) is 0 Å². The van der Waals surface area contributed by atoms with Gasteiger partial charge in [-0.1, -0.05) is 29.8 Å². The Bertz CT molecular complexity index is 932. The number of nitrogens with one attached hydrogen (secondary N) is 1. The number of carbonyl (C=O) groups excluding carboxylic acids is 1. The third-order valence-electron chi connectivity index (χ3n) is 3.76. The van der Waals surface area contributed by atoms with Crippen molar-refractivity contribution in [2.45, 2.75) is 6.92 Å². The minimum Gasteiger partial charge on any atom is -0.454 e. The monoisotopic (exact) mass is 329 g/mol. The fourth-order valence-corrected chi connectivity index (χ4v) is 2.78. The van der Waals surface area contributed by atoms with Crippen LogP contribution >= 0.6 is 11.6 Å². The number of halogens is 1. The fourth-order valence-electron chi connectivity index (χ4n) is 2.58. The molecule has 2 aromatic carbocycles. The number of para-hydroxylation sites is 1. The lowest BCUT2D eigenvalue weighted by molar-refractivity contribution is 0.0998. The summed E-state index contributed by atoms with van der Waals surface area (Å²) < 4.78 is 16.2. The third-order valence-corrected chi connectivity index (χ3v) is 4.07. The highest BCUT2D eigenvalue weighted by Crippen LogP contribution is 2.39. The number of carbonyl (C=O) groups is 1. The lowest BCUT2D eigenvalue weighted by Gasteiger charge is -2.07. The molecule has 0 bridgehead atoms. The Morgan fingerprint density at radius 2 is 1.91 bits per heavy atom. The maximum atomic E-state index is 12.5. The molecule has 116 valence electrons. The Morgan fingerprint density at radius 3 is 2.70 bits per heavy atom. The zero-order valence-electron chi connectivity index (χ0n) is 12.2. The van der Waals surface area contributed by atoms with Crippen LogP contribution in [0.25, 0.3) is 11.0 Å². The van der Waals surface area contributed by atoms with Crippen LogP contribution in [-0.4, -0.2) is 12.7 Å². The van der Waals surface area contributed by atoms with E-state index in [1.165, 1.54) is 0 Å². The highest BCUT2D eigenvalue weighted by Gasteiger charge is 2.21. The van der Waals surface area contributed by atoms with Gasteiger partial charge in [0.05, 0.1) is 10.7 Å². The van der Waals surface area contributed by atoms with Crippen LogP contribution < -0.4 is 14.8 Å². The largest absolute Gasteiger partial charge is 0.454 e. The van der Waals surface area contributed by atoms with E-state index in [0.29, 0.717) is 27.8 Å². The summed E-state index contributed by atoms with van der Waals surface area (Å²) in [6, 6.07) is 10.8. The standard InChI is InChI=1S/C17H12ClNO4/c1-9-10-4-2-3-5-13(10)23-16(9)17(20)19-12-7-15-14(6-11(12)18)21-8-22-15/h2-7H,8H2,1H3,(H,19,20). The van der Waals surface area contributed by atoms with E-state index in [1.54, 1.807) is 12.1 Å². The molecule has 23 heavy (non-hydrogen) atoms. The summed E-state index contributed by atoms with van der Waals surface area (Å²) in [6.45, 7) is 1.99. The van der Waals surface area contributed by atoms with Gasteiger partial charge < -0.3 is 19.2 Å². The summed E-state index contributed by atoms with van der Waals surface area (Å²) in [5, 5.41) is 4.04. The summed E-state index contributed by atoms with van der Waals surface area (Å²) in [5.74, 6) is 1.01. The summed E-state index contributed by atoms with van der Waals surface area (Å²) in [5.41, 5.74) is 1.91. The molecule has 0 saturated carbocycles.